The Balaban J connectivity index is 0.000000119. The molecule has 147 heavy (non-hydrogen) atoms. The van der Waals surface area contributed by atoms with Crippen molar-refractivity contribution in [3.05, 3.63) is 571 Å². The molecule has 32 rings (SSSR count). The maximum absolute atomic E-state index is 6.98. The zero-order chi connectivity index (χ0) is 96.7. The minimum Gasteiger partial charge on any atom is -0.455 e. The van der Waals surface area contributed by atoms with Crippen molar-refractivity contribution in [1.82, 2.24) is 0 Å². The van der Waals surface area contributed by atoms with Crippen LogP contribution in [-0.2, 0) is 10.8 Å². The quantitative estimate of drug-likeness (QED) is 0.146. The van der Waals surface area contributed by atoms with Crippen molar-refractivity contribution in [1.29, 1.82) is 0 Å². The molecule has 0 radical (unpaired) electrons. The number of nitrogens with zero attached hydrogens (tertiary/aromatic N) is 1. The van der Waals surface area contributed by atoms with Crippen molar-refractivity contribution in [2.24, 2.45) is 0 Å². The van der Waals surface area contributed by atoms with Crippen LogP contribution in [-0.4, -0.2) is 0 Å². The second kappa shape index (κ2) is 33.3. The highest BCUT2D eigenvalue weighted by Crippen LogP contribution is 2.67. The number of nitrogens with one attached hydrogen (secondary N) is 1. The molecule has 4 aliphatic carbocycles. The lowest BCUT2D eigenvalue weighted by atomic mass is 9.70. The largest absolute Gasteiger partial charge is 0.455 e. The maximum atomic E-state index is 6.98. The third kappa shape index (κ3) is 12.8. The van der Waals surface area contributed by atoms with E-state index in [1.165, 1.54) is 197 Å². The molecule has 28 aromatic rings. The van der Waals surface area contributed by atoms with Crippen LogP contribution in [0.4, 0.5) is 28.4 Å². The Morgan fingerprint density at radius 2 is 0.497 bits per heavy atom. The van der Waals surface area contributed by atoms with E-state index in [1.54, 1.807) is 0 Å². The highest BCUT2D eigenvalue weighted by molar-refractivity contribution is 9.10. The van der Waals surface area contributed by atoms with Crippen molar-refractivity contribution < 1.29 is 8.83 Å². The van der Waals surface area contributed by atoms with Crippen LogP contribution in [0.25, 0.3) is 219 Å². The number of hydrogen-bond donors (Lipinski definition) is 1. The Morgan fingerprint density at radius 3 is 0.939 bits per heavy atom. The van der Waals surface area contributed by atoms with Gasteiger partial charge in [-0.25, -0.2) is 0 Å². The van der Waals surface area contributed by atoms with Crippen molar-refractivity contribution in [2.75, 3.05) is 10.2 Å². The topological polar surface area (TPSA) is 41.6 Å². The van der Waals surface area contributed by atoms with Gasteiger partial charge in [0.15, 0.2) is 0 Å². The number of para-hydroxylation sites is 4. The average molecular weight is 1930 g/mol. The summed E-state index contributed by atoms with van der Waals surface area (Å²) < 4.78 is 14.8. The van der Waals surface area contributed by atoms with Crippen LogP contribution in [0, 0.1) is 0 Å². The van der Waals surface area contributed by atoms with Crippen LogP contribution in [0.3, 0.4) is 0 Å². The van der Waals surface area contributed by atoms with Crippen LogP contribution in [0.1, 0.15) is 44.5 Å². The first-order chi connectivity index (χ1) is 72.8. The second-order valence-electron chi connectivity index (χ2n) is 39.5. The van der Waals surface area contributed by atoms with Gasteiger partial charge >= 0.3 is 0 Å². The minimum absolute atomic E-state index is 0.460. The van der Waals surface area contributed by atoms with Crippen molar-refractivity contribution in [2.45, 2.75) is 10.8 Å². The molecule has 0 atom stereocenters. The molecular weight excluding hydrogens is 1850 g/mol. The van der Waals surface area contributed by atoms with Gasteiger partial charge in [-0.15, -0.1) is 0 Å². The van der Waals surface area contributed by atoms with Gasteiger partial charge in [0.1, 0.15) is 22.3 Å². The molecule has 1 N–H and O–H groups in total. The number of rotatable bonds is 9. The predicted octanol–water partition coefficient (Wildman–Crippen LogP) is 39.4. The van der Waals surface area contributed by atoms with Crippen molar-refractivity contribution in [3.8, 4) is 89.0 Å². The van der Waals surface area contributed by atoms with Crippen LogP contribution in [0.5, 0.6) is 0 Å². The summed E-state index contributed by atoms with van der Waals surface area (Å²) in [5.41, 5.74) is 37.7. The Hall–Kier alpha value is -18.5. The van der Waals surface area contributed by atoms with Crippen molar-refractivity contribution >= 4 is 174 Å². The third-order valence-corrected chi connectivity index (χ3v) is 32.6. The SMILES string of the molecule is Brc1ccc(-c2ccc3ccccc3c2)cc1.c1ccc2c(c1)-c1ccccc1C21c2ccccc2-c2cc(-c3cccc4c3oc3ccccc34)c(N(c3ccc(-c4ccc5ccccc5c4)cc3)c3ccc4c5ccccc5c5ccccc5c4c3)cc21.c1ccc2c(c1)-c1ccccc1C21c2ccccc2-c2cc(-c3cccc4c3oc3ccccc34)c(Nc3ccc4c5ccccc5c5ccccc5c4c3)cc21. The lowest BCUT2D eigenvalue weighted by molar-refractivity contribution is 0.669. The van der Waals surface area contributed by atoms with Crippen LogP contribution in [0.15, 0.2) is 535 Å². The summed E-state index contributed by atoms with van der Waals surface area (Å²) in [7, 11) is 0. The van der Waals surface area contributed by atoms with E-state index in [9.17, 15) is 0 Å². The molecule has 0 aliphatic heterocycles. The predicted molar refractivity (Wildman–Crippen MR) is 620 cm³/mol. The number of benzene rings is 26. The molecule has 2 aromatic heterocycles. The Kier molecular flexibility index (Phi) is 19.1. The zero-order valence-electron chi connectivity index (χ0n) is 79.8. The molecule has 0 saturated heterocycles. The first kappa shape index (κ1) is 84.2. The average Bonchev–Trinajstić information content (AvgIpc) is 1.51. The summed E-state index contributed by atoms with van der Waals surface area (Å²) in [5, 5.41) is 28.6. The van der Waals surface area contributed by atoms with E-state index in [-0.39, 0.29) is 0 Å². The van der Waals surface area contributed by atoms with E-state index in [0.717, 1.165) is 99.0 Å². The van der Waals surface area contributed by atoms with Gasteiger partial charge in [-0.2, -0.15) is 0 Å². The van der Waals surface area contributed by atoms with E-state index < -0.39 is 10.8 Å². The Labute approximate surface area is 857 Å². The molecule has 0 amide bonds. The number of anilines is 5. The van der Waals surface area contributed by atoms with Gasteiger partial charge in [-0.3, -0.25) is 0 Å². The molecule has 0 fully saturated rings. The standard InChI is InChI=1S/C71H43NO.C55H33NO.C16H11Br/c1-2-17-46-40-47(33-32-44(46)16-1)45-34-36-48(37-35-45)72(49-38-39-54-52-20-4-3-18-50(52)51-19-5-6-21-53(51)61(54)41-49)68-43-67-62(42-63(68)60-27-15-26-59-58-25-10-14-31-69(58)73-70(59)60)57-24-9-13-30-66(57)71(67)64-28-11-7-22-55(64)56-23-8-12-29-65(56)71;1-2-16-36-34(14-1)35-15-3-4-17-37(35)45-30-33(28-29-38(36)45)56-52-32-51-46(31-47(52)44-23-13-22-43-42-21-8-12-27-53(42)57-54(43)44)41-20-7-11-26-50(41)55(51)48-24-9-5-18-39(48)40-19-6-10-25-49(40)55;17-16-9-7-13(8-10-16)15-6-5-12-3-1-2-4-14(12)11-15/h1-43H;1-32,56H;1-11H. The lowest BCUT2D eigenvalue weighted by Crippen LogP contribution is -2.26. The second-order valence-corrected chi connectivity index (χ2v) is 40.4. The number of halogens is 1. The maximum Gasteiger partial charge on any atom is 0.143 e. The van der Waals surface area contributed by atoms with Gasteiger partial charge in [0.05, 0.1) is 16.5 Å². The molecule has 0 bridgehead atoms. The van der Waals surface area contributed by atoms with E-state index >= 15 is 0 Å². The van der Waals surface area contributed by atoms with Gasteiger partial charge in [-0.1, -0.05) is 441 Å². The smallest absolute Gasteiger partial charge is 0.143 e. The van der Waals surface area contributed by atoms with E-state index in [1.807, 2.05) is 6.07 Å². The molecule has 0 unspecified atom stereocenters. The van der Waals surface area contributed by atoms with Gasteiger partial charge in [0.2, 0.25) is 0 Å². The van der Waals surface area contributed by atoms with Gasteiger partial charge in [0, 0.05) is 71.0 Å². The van der Waals surface area contributed by atoms with Gasteiger partial charge < -0.3 is 19.1 Å². The third-order valence-electron chi connectivity index (χ3n) is 32.0. The Morgan fingerprint density at radius 1 is 0.184 bits per heavy atom. The fourth-order valence-corrected chi connectivity index (χ4v) is 26.0. The summed E-state index contributed by atoms with van der Waals surface area (Å²) >= 11 is 3.46. The number of fused-ring (bicyclic) bond motifs is 40. The summed E-state index contributed by atoms with van der Waals surface area (Å²) in [5.74, 6) is 0. The summed E-state index contributed by atoms with van der Waals surface area (Å²) in [6.07, 6.45) is 0. The molecular formula is C142H87BrN2O2. The van der Waals surface area contributed by atoms with E-state index in [2.05, 4.69) is 542 Å². The van der Waals surface area contributed by atoms with Crippen LogP contribution in [0.2, 0.25) is 0 Å². The van der Waals surface area contributed by atoms with Gasteiger partial charge in [-0.05, 0) is 295 Å². The van der Waals surface area contributed by atoms with Crippen molar-refractivity contribution in [3.63, 3.8) is 0 Å². The molecule has 0 saturated carbocycles. The molecule has 26 aromatic carbocycles. The fourth-order valence-electron chi connectivity index (χ4n) is 25.7. The molecule has 2 heterocycles. The molecule has 2 spiro atoms. The first-order valence-electron chi connectivity index (χ1n) is 50.7. The molecule has 4 aliphatic rings. The molecule has 4 nitrogen and oxygen atoms in total. The zero-order valence-corrected chi connectivity index (χ0v) is 81.4. The minimum atomic E-state index is -0.554. The van der Waals surface area contributed by atoms with E-state index in [4.69, 9.17) is 8.83 Å². The van der Waals surface area contributed by atoms with Crippen LogP contribution >= 0.6 is 15.9 Å². The summed E-state index contributed by atoms with van der Waals surface area (Å²) in [6, 6.07) is 192. The highest BCUT2D eigenvalue weighted by atomic mass is 79.9. The molecule has 5 heteroatoms. The molecule has 684 valence electrons. The summed E-state index contributed by atoms with van der Waals surface area (Å²) in [6.45, 7) is 0. The van der Waals surface area contributed by atoms with Gasteiger partial charge in [0.25, 0.3) is 0 Å². The number of furan rings is 2. The number of hydrogen-bond acceptors (Lipinski definition) is 4. The monoisotopic (exact) mass is 1930 g/mol. The first-order valence-corrected chi connectivity index (χ1v) is 51.4. The Bertz CT molecular complexity index is 10300. The van der Waals surface area contributed by atoms with E-state index in [0.29, 0.717) is 0 Å². The lowest BCUT2D eigenvalue weighted by Gasteiger charge is -2.33. The fraction of sp³-hybridized carbons (Fsp3) is 0.0141. The van der Waals surface area contributed by atoms with Crippen LogP contribution < -0.4 is 10.2 Å². The highest BCUT2D eigenvalue weighted by Gasteiger charge is 2.54. The normalized spacial score (nSPS) is 12.9. The summed E-state index contributed by atoms with van der Waals surface area (Å²) in [4.78, 5) is 2.52.